The molecule has 0 saturated heterocycles. The van der Waals surface area contributed by atoms with Crippen molar-refractivity contribution < 1.29 is 9.13 Å². The van der Waals surface area contributed by atoms with Crippen molar-refractivity contribution in [3.05, 3.63) is 30.1 Å². The van der Waals surface area contributed by atoms with Crippen LogP contribution in [0.3, 0.4) is 0 Å². The second-order valence-electron chi connectivity index (χ2n) is 4.39. The molecule has 1 unspecified atom stereocenters. The van der Waals surface area contributed by atoms with Gasteiger partial charge in [-0.2, -0.15) is 0 Å². The fourth-order valence-corrected chi connectivity index (χ4v) is 2.14. The smallest absolute Gasteiger partial charge is 0.196 e. The van der Waals surface area contributed by atoms with Gasteiger partial charge in [-0.1, -0.05) is 12.1 Å². The highest BCUT2D eigenvalue weighted by molar-refractivity contribution is 5.98. The van der Waals surface area contributed by atoms with Gasteiger partial charge in [0.1, 0.15) is 5.82 Å². The molecule has 0 amide bonds. The number of benzene rings is 1. The van der Waals surface area contributed by atoms with Crippen LogP contribution in [0.2, 0.25) is 0 Å². The monoisotopic (exact) mass is 237 g/mol. The number of halogens is 1. The van der Waals surface area contributed by atoms with Crippen LogP contribution in [-0.4, -0.2) is 31.8 Å². The van der Waals surface area contributed by atoms with Crippen molar-refractivity contribution in [3.63, 3.8) is 0 Å². The quantitative estimate of drug-likeness (QED) is 0.863. The third-order valence-electron chi connectivity index (χ3n) is 2.90. The molecule has 1 aromatic carbocycles. The van der Waals surface area contributed by atoms with Crippen LogP contribution in [-0.2, 0) is 4.74 Å². The molecule has 17 heavy (non-hydrogen) atoms. The van der Waals surface area contributed by atoms with Gasteiger partial charge in [0.2, 0.25) is 0 Å². The van der Waals surface area contributed by atoms with E-state index in [-0.39, 0.29) is 5.82 Å². The number of aliphatic imine (C=N–C) groups is 1. The number of hydrogen-bond donors (Lipinski definition) is 1. The molecular weight excluding hydrogens is 221 g/mol. The van der Waals surface area contributed by atoms with Crippen LogP contribution >= 0.6 is 0 Å². The molecule has 92 valence electrons. The Morgan fingerprint density at radius 2 is 2.24 bits per heavy atom. The Morgan fingerprint density at radius 1 is 1.53 bits per heavy atom. The second-order valence-corrected chi connectivity index (χ2v) is 4.39. The second kappa shape index (κ2) is 4.33. The molecule has 2 N–H and O–H groups in total. The first-order chi connectivity index (χ1) is 8.08. The Bertz CT molecular complexity index is 449. The predicted octanol–water partition coefficient (Wildman–Crippen LogP) is 1.37. The number of methoxy groups -OCH3 is 1. The van der Waals surface area contributed by atoms with Crippen molar-refractivity contribution in [1.29, 1.82) is 0 Å². The van der Waals surface area contributed by atoms with Crippen molar-refractivity contribution in [2.24, 2.45) is 10.7 Å². The molecule has 1 aromatic rings. The van der Waals surface area contributed by atoms with E-state index in [2.05, 4.69) is 4.99 Å². The average Bonchev–Trinajstić information content (AvgIpc) is 2.57. The van der Waals surface area contributed by atoms with Crippen molar-refractivity contribution in [3.8, 4) is 0 Å². The van der Waals surface area contributed by atoms with Crippen molar-refractivity contribution >= 4 is 11.6 Å². The maximum atomic E-state index is 13.8. The summed E-state index contributed by atoms with van der Waals surface area (Å²) in [5.41, 5.74) is 5.85. The molecule has 0 aromatic heterocycles. The summed E-state index contributed by atoms with van der Waals surface area (Å²) in [5, 5.41) is 0. The molecular formula is C12H16FN3O. The number of anilines is 1. The predicted molar refractivity (Wildman–Crippen MR) is 65.6 cm³/mol. The van der Waals surface area contributed by atoms with Gasteiger partial charge in [-0.3, -0.25) is 9.89 Å². The van der Waals surface area contributed by atoms with Crippen LogP contribution < -0.4 is 10.6 Å². The van der Waals surface area contributed by atoms with Crippen LogP contribution in [0.5, 0.6) is 0 Å². The number of rotatable bonds is 3. The van der Waals surface area contributed by atoms with Gasteiger partial charge in [0.25, 0.3) is 0 Å². The van der Waals surface area contributed by atoms with Crippen molar-refractivity contribution in [2.45, 2.75) is 12.5 Å². The van der Waals surface area contributed by atoms with Gasteiger partial charge in [-0.05, 0) is 19.1 Å². The highest BCUT2D eigenvalue weighted by atomic mass is 19.1. The van der Waals surface area contributed by atoms with Crippen LogP contribution in [0.25, 0.3) is 0 Å². The normalized spacial score (nSPS) is 23.9. The molecule has 0 fully saturated rings. The molecule has 1 atom stereocenters. The first kappa shape index (κ1) is 11.9. The zero-order valence-corrected chi connectivity index (χ0v) is 9.98. The summed E-state index contributed by atoms with van der Waals surface area (Å²) in [6.07, 6.45) is 0. The van der Waals surface area contributed by atoms with E-state index in [4.69, 9.17) is 10.5 Å². The number of nitrogens with zero attached hydrogens (tertiary/aromatic N) is 2. The Morgan fingerprint density at radius 3 is 2.88 bits per heavy atom. The van der Waals surface area contributed by atoms with Crippen LogP contribution in [0.1, 0.15) is 6.92 Å². The highest BCUT2D eigenvalue weighted by Crippen LogP contribution is 2.30. The standard InChI is InChI=1S/C12H16FN3O/c1-12(8-17-2)7-15-11(14)16(12)10-6-4-3-5-9(10)13/h3-6H,7-8H2,1-2H3,(H2,14,15). The maximum absolute atomic E-state index is 13.8. The lowest BCUT2D eigenvalue weighted by Gasteiger charge is -2.35. The fourth-order valence-electron chi connectivity index (χ4n) is 2.14. The Kier molecular flexibility index (Phi) is 3.02. The Labute approximate surface area is 99.9 Å². The van der Waals surface area contributed by atoms with E-state index in [1.54, 1.807) is 30.2 Å². The van der Waals surface area contributed by atoms with E-state index in [1.807, 2.05) is 6.92 Å². The molecule has 0 saturated carbocycles. The molecule has 0 spiro atoms. The van der Waals surface area contributed by atoms with Crippen molar-refractivity contribution in [2.75, 3.05) is 25.2 Å². The molecule has 5 heteroatoms. The lowest BCUT2D eigenvalue weighted by atomic mass is 10.0. The Hall–Kier alpha value is -1.62. The van der Waals surface area contributed by atoms with Gasteiger partial charge < -0.3 is 10.5 Å². The van der Waals surface area contributed by atoms with E-state index >= 15 is 0 Å². The molecule has 1 aliphatic rings. The van der Waals surface area contributed by atoms with E-state index in [0.29, 0.717) is 24.8 Å². The fraction of sp³-hybridized carbons (Fsp3) is 0.417. The number of nitrogens with two attached hydrogens (primary N) is 1. The lowest BCUT2D eigenvalue weighted by Crippen LogP contribution is -2.53. The van der Waals surface area contributed by atoms with E-state index in [1.165, 1.54) is 6.07 Å². The maximum Gasteiger partial charge on any atom is 0.196 e. The summed E-state index contributed by atoms with van der Waals surface area (Å²) >= 11 is 0. The molecule has 0 radical (unpaired) electrons. The molecule has 0 aliphatic carbocycles. The largest absolute Gasteiger partial charge is 0.382 e. The first-order valence-corrected chi connectivity index (χ1v) is 5.42. The number of hydrogen-bond acceptors (Lipinski definition) is 4. The van der Waals surface area contributed by atoms with Gasteiger partial charge in [0.05, 0.1) is 24.4 Å². The summed E-state index contributed by atoms with van der Waals surface area (Å²) in [6.45, 7) is 2.89. The Balaban J connectivity index is 2.41. The van der Waals surface area contributed by atoms with Crippen LogP contribution in [0.4, 0.5) is 10.1 Å². The van der Waals surface area contributed by atoms with Crippen molar-refractivity contribution in [1.82, 2.24) is 0 Å². The zero-order valence-electron chi connectivity index (χ0n) is 9.98. The molecule has 1 heterocycles. The lowest BCUT2D eigenvalue weighted by molar-refractivity contribution is 0.149. The minimum atomic E-state index is -0.430. The van der Waals surface area contributed by atoms with Gasteiger partial charge in [0.15, 0.2) is 5.96 Å². The van der Waals surface area contributed by atoms with Gasteiger partial charge >= 0.3 is 0 Å². The minimum Gasteiger partial charge on any atom is -0.382 e. The van der Waals surface area contributed by atoms with E-state index in [0.717, 1.165) is 0 Å². The number of para-hydroxylation sites is 1. The third kappa shape index (κ3) is 1.98. The van der Waals surface area contributed by atoms with E-state index in [9.17, 15) is 4.39 Å². The average molecular weight is 237 g/mol. The van der Waals surface area contributed by atoms with Crippen LogP contribution in [0.15, 0.2) is 29.3 Å². The summed E-state index contributed by atoms with van der Waals surface area (Å²) < 4.78 is 19.0. The number of guanidine groups is 1. The zero-order chi connectivity index (χ0) is 12.5. The summed E-state index contributed by atoms with van der Waals surface area (Å²) in [6, 6.07) is 6.53. The van der Waals surface area contributed by atoms with Gasteiger partial charge in [0, 0.05) is 7.11 Å². The SMILES string of the molecule is COCC1(C)CN=C(N)N1c1ccccc1F. The molecule has 4 nitrogen and oxygen atoms in total. The minimum absolute atomic E-state index is 0.310. The molecule has 2 rings (SSSR count). The van der Waals surface area contributed by atoms with Gasteiger partial charge in [-0.25, -0.2) is 4.39 Å². The summed E-state index contributed by atoms with van der Waals surface area (Å²) in [5.74, 6) is 0.0181. The first-order valence-electron chi connectivity index (χ1n) is 5.42. The number of ether oxygens (including phenoxy) is 1. The van der Waals surface area contributed by atoms with E-state index < -0.39 is 5.54 Å². The topological polar surface area (TPSA) is 50.9 Å². The summed E-state index contributed by atoms with van der Waals surface area (Å²) in [7, 11) is 1.61. The molecule has 1 aliphatic heterocycles. The van der Waals surface area contributed by atoms with Gasteiger partial charge in [-0.15, -0.1) is 0 Å². The molecule has 0 bridgehead atoms. The highest BCUT2D eigenvalue weighted by Gasteiger charge is 2.40. The third-order valence-corrected chi connectivity index (χ3v) is 2.90. The van der Waals surface area contributed by atoms with Crippen LogP contribution in [0, 0.1) is 5.82 Å². The summed E-state index contributed by atoms with van der Waals surface area (Å²) in [4.78, 5) is 5.88.